The summed E-state index contributed by atoms with van der Waals surface area (Å²) >= 11 is 0. The summed E-state index contributed by atoms with van der Waals surface area (Å²) in [5, 5.41) is 9.96. The Morgan fingerprint density at radius 1 is 1.23 bits per heavy atom. The number of carbonyl (C=O) groups is 2. The Morgan fingerprint density at radius 2 is 2.00 bits per heavy atom. The number of hydrogen-bond acceptors (Lipinski definition) is 4. The van der Waals surface area contributed by atoms with Crippen molar-refractivity contribution >= 4 is 17.6 Å². The average Bonchev–Trinajstić information content (AvgIpc) is 3.08. The molecule has 1 aromatic rings. The molecule has 2 N–H and O–H groups in total. The summed E-state index contributed by atoms with van der Waals surface area (Å²) in [6, 6.07) is 0. The Hall–Kier alpha value is -1.89. The molecule has 0 aliphatic carbocycles. The van der Waals surface area contributed by atoms with E-state index in [1.165, 1.54) is 19.3 Å². The number of H-pyrrole nitrogens is 1. The van der Waals surface area contributed by atoms with Crippen molar-refractivity contribution in [3.63, 3.8) is 0 Å². The van der Waals surface area contributed by atoms with Crippen LogP contribution in [0, 0.1) is 0 Å². The zero-order valence-electron chi connectivity index (χ0n) is 13.0. The van der Waals surface area contributed by atoms with Crippen LogP contribution in [-0.2, 0) is 22.7 Å². The number of hydrogen-bond donors (Lipinski definition) is 2. The summed E-state index contributed by atoms with van der Waals surface area (Å²) in [5.74, 6) is 0.668. The highest BCUT2D eigenvalue weighted by atomic mass is 16.2. The molecule has 7 heteroatoms. The second kappa shape index (κ2) is 6.48. The van der Waals surface area contributed by atoms with Crippen LogP contribution >= 0.6 is 0 Å². The molecule has 2 aliphatic rings. The molecule has 1 aromatic heterocycles. The monoisotopic (exact) mass is 305 g/mol. The van der Waals surface area contributed by atoms with Gasteiger partial charge in [0.25, 0.3) is 0 Å². The Morgan fingerprint density at radius 3 is 2.73 bits per heavy atom. The second-order valence-corrected chi connectivity index (χ2v) is 6.10. The maximum absolute atomic E-state index is 12.1. The number of nitrogens with one attached hydrogen (secondary N) is 2. The second-order valence-electron chi connectivity index (χ2n) is 6.10. The summed E-state index contributed by atoms with van der Waals surface area (Å²) in [6.07, 6.45) is 4.26. The standard InChI is InChI=1S/C15H23N5O2/c1-11(21)20-9-12-13(10-20)17-18-15(12)16-14(22)5-8-19-6-3-2-4-7-19/h2-10H2,1H3,(H2,16,17,18,22). The van der Waals surface area contributed by atoms with E-state index >= 15 is 0 Å². The fourth-order valence-electron chi connectivity index (χ4n) is 3.10. The van der Waals surface area contributed by atoms with E-state index in [1.807, 2.05) is 0 Å². The molecular formula is C15H23N5O2. The highest BCUT2D eigenvalue weighted by Crippen LogP contribution is 2.27. The SMILES string of the molecule is CC(=O)N1Cc2n[nH]c(NC(=O)CCN3CCCCC3)c2C1. The molecular weight excluding hydrogens is 282 g/mol. The van der Waals surface area contributed by atoms with Crippen LogP contribution in [0.2, 0.25) is 0 Å². The van der Waals surface area contributed by atoms with E-state index in [9.17, 15) is 9.59 Å². The van der Waals surface area contributed by atoms with Gasteiger partial charge in [-0.2, -0.15) is 5.10 Å². The number of nitrogens with zero attached hydrogens (tertiary/aromatic N) is 3. The van der Waals surface area contributed by atoms with Crippen molar-refractivity contribution in [2.45, 2.75) is 45.7 Å². The third kappa shape index (κ3) is 3.30. The number of likely N-dealkylation sites (tertiary alicyclic amines) is 1. The number of aromatic nitrogens is 2. The first-order valence-corrected chi connectivity index (χ1v) is 7.97. The van der Waals surface area contributed by atoms with E-state index in [0.29, 0.717) is 25.3 Å². The minimum Gasteiger partial charge on any atom is -0.332 e. The highest BCUT2D eigenvalue weighted by Gasteiger charge is 2.27. The van der Waals surface area contributed by atoms with Crippen LogP contribution < -0.4 is 5.32 Å². The number of anilines is 1. The molecule has 0 saturated carbocycles. The van der Waals surface area contributed by atoms with E-state index in [-0.39, 0.29) is 11.8 Å². The summed E-state index contributed by atoms with van der Waals surface area (Å²) in [5.41, 5.74) is 1.78. The van der Waals surface area contributed by atoms with Crippen LogP contribution in [0.1, 0.15) is 43.9 Å². The van der Waals surface area contributed by atoms with Gasteiger partial charge in [0.15, 0.2) is 0 Å². The van der Waals surface area contributed by atoms with E-state index < -0.39 is 0 Å². The van der Waals surface area contributed by atoms with Crippen LogP contribution in [-0.4, -0.2) is 51.4 Å². The third-order valence-corrected chi connectivity index (χ3v) is 4.46. The molecule has 0 radical (unpaired) electrons. The molecule has 0 spiro atoms. The number of carbonyl (C=O) groups excluding carboxylic acids is 2. The van der Waals surface area contributed by atoms with Crippen molar-refractivity contribution in [1.29, 1.82) is 0 Å². The predicted molar refractivity (Wildman–Crippen MR) is 82.1 cm³/mol. The first-order chi connectivity index (χ1) is 10.6. The maximum Gasteiger partial charge on any atom is 0.226 e. The quantitative estimate of drug-likeness (QED) is 0.872. The van der Waals surface area contributed by atoms with Crippen LogP contribution in [0.5, 0.6) is 0 Å². The molecule has 0 bridgehead atoms. The topological polar surface area (TPSA) is 81.3 Å². The highest BCUT2D eigenvalue weighted by molar-refractivity contribution is 5.91. The van der Waals surface area contributed by atoms with Gasteiger partial charge in [0.1, 0.15) is 5.82 Å². The van der Waals surface area contributed by atoms with Crippen molar-refractivity contribution in [1.82, 2.24) is 20.0 Å². The summed E-state index contributed by atoms with van der Waals surface area (Å²) in [6.45, 7) is 5.59. The van der Waals surface area contributed by atoms with Crippen LogP contribution in [0.25, 0.3) is 0 Å². The normalized spacial score (nSPS) is 18.3. The van der Waals surface area contributed by atoms with Crippen molar-refractivity contribution < 1.29 is 9.59 Å². The van der Waals surface area contributed by atoms with Crippen molar-refractivity contribution in [3.8, 4) is 0 Å². The third-order valence-electron chi connectivity index (χ3n) is 4.46. The Labute approximate surface area is 130 Å². The lowest BCUT2D eigenvalue weighted by Crippen LogP contribution is -2.32. The van der Waals surface area contributed by atoms with Crippen LogP contribution in [0.15, 0.2) is 0 Å². The minimum atomic E-state index is -0.00158. The number of piperidine rings is 1. The number of rotatable bonds is 4. The zero-order chi connectivity index (χ0) is 15.5. The average molecular weight is 305 g/mol. The maximum atomic E-state index is 12.1. The lowest BCUT2D eigenvalue weighted by molar-refractivity contribution is -0.129. The Kier molecular flexibility index (Phi) is 4.42. The molecule has 0 atom stereocenters. The van der Waals surface area contributed by atoms with Gasteiger partial charge >= 0.3 is 0 Å². The first kappa shape index (κ1) is 15.0. The largest absolute Gasteiger partial charge is 0.332 e. The molecule has 0 aromatic carbocycles. The van der Waals surface area contributed by atoms with E-state index in [0.717, 1.165) is 30.9 Å². The molecule has 1 saturated heterocycles. The number of amides is 2. The number of fused-ring (bicyclic) bond motifs is 1. The molecule has 3 rings (SSSR count). The Balaban J connectivity index is 1.51. The van der Waals surface area contributed by atoms with Gasteiger partial charge in [0, 0.05) is 25.5 Å². The lowest BCUT2D eigenvalue weighted by atomic mass is 10.1. The minimum absolute atomic E-state index is 0.00158. The van der Waals surface area contributed by atoms with Crippen molar-refractivity contribution in [3.05, 3.63) is 11.3 Å². The van der Waals surface area contributed by atoms with Gasteiger partial charge in [-0.3, -0.25) is 14.7 Å². The lowest BCUT2D eigenvalue weighted by Gasteiger charge is -2.25. The van der Waals surface area contributed by atoms with E-state index in [2.05, 4.69) is 20.4 Å². The van der Waals surface area contributed by atoms with Gasteiger partial charge in [-0.1, -0.05) is 6.42 Å². The predicted octanol–water partition coefficient (Wildman–Crippen LogP) is 1.09. The zero-order valence-corrected chi connectivity index (χ0v) is 13.0. The van der Waals surface area contributed by atoms with Crippen LogP contribution in [0.4, 0.5) is 5.82 Å². The van der Waals surface area contributed by atoms with Crippen molar-refractivity contribution in [2.75, 3.05) is 25.0 Å². The molecule has 2 amide bonds. The van der Waals surface area contributed by atoms with Gasteiger partial charge in [0.05, 0.1) is 18.8 Å². The molecule has 1 fully saturated rings. The van der Waals surface area contributed by atoms with Gasteiger partial charge < -0.3 is 15.1 Å². The molecule has 2 aliphatic heterocycles. The smallest absolute Gasteiger partial charge is 0.226 e. The molecule has 120 valence electrons. The molecule has 22 heavy (non-hydrogen) atoms. The molecule has 3 heterocycles. The Bertz CT molecular complexity index is 562. The summed E-state index contributed by atoms with van der Waals surface area (Å²) in [7, 11) is 0. The van der Waals surface area contributed by atoms with Gasteiger partial charge in [-0.05, 0) is 25.9 Å². The molecule has 0 unspecified atom stereocenters. The number of aromatic amines is 1. The molecule has 7 nitrogen and oxygen atoms in total. The van der Waals surface area contributed by atoms with Gasteiger partial charge in [0.2, 0.25) is 11.8 Å². The van der Waals surface area contributed by atoms with Gasteiger partial charge in [-0.25, -0.2) is 0 Å². The fourth-order valence-corrected chi connectivity index (χ4v) is 3.10. The van der Waals surface area contributed by atoms with E-state index in [4.69, 9.17) is 0 Å². The van der Waals surface area contributed by atoms with E-state index in [1.54, 1.807) is 11.8 Å². The summed E-state index contributed by atoms with van der Waals surface area (Å²) in [4.78, 5) is 27.6. The summed E-state index contributed by atoms with van der Waals surface area (Å²) < 4.78 is 0. The van der Waals surface area contributed by atoms with Crippen LogP contribution in [0.3, 0.4) is 0 Å². The van der Waals surface area contributed by atoms with Crippen molar-refractivity contribution in [2.24, 2.45) is 0 Å². The van der Waals surface area contributed by atoms with Gasteiger partial charge in [-0.15, -0.1) is 0 Å². The first-order valence-electron chi connectivity index (χ1n) is 7.97. The fraction of sp³-hybridized carbons (Fsp3) is 0.667.